The van der Waals surface area contributed by atoms with E-state index < -0.39 is 0 Å². The predicted octanol–water partition coefficient (Wildman–Crippen LogP) is 2.43. The van der Waals surface area contributed by atoms with E-state index in [1.165, 1.54) is 0 Å². The van der Waals surface area contributed by atoms with Crippen LogP contribution in [0.3, 0.4) is 0 Å². The molecule has 7 heteroatoms. The van der Waals surface area contributed by atoms with Gasteiger partial charge in [0, 0.05) is 17.7 Å². The summed E-state index contributed by atoms with van der Waals surface area (Å²) in [5.41, 5.74) is 1.90. The van der Waals surface area contributed by atoms with Gasteiger partial charge < -0.3 is 5.32 Å². The zero-order valence-electron chi connectivity index (χ0n) is 10.1. The molecule has 0 spiro atoms. The molecule has 2 heterocycles. The van der Waals surface area contributed by atoms with Crippen LogP contribution in [-0.2, 0) is 7.05 Å². The standard InChI is InChI=1S/C11H13Br2N5/c1-3-14-9(8-5-4-7(12)6-15-8)10-11(13)16-17-18(10)2/h4-6,9,14H,3H2,1-2H3. The Hall–Kier alpha value is -0.790. The van der Waals surface area contributed by atoms with Crippen LogP contribution in [0.15, 0.2) is 27.4 Å². The van der Waals surface area contributed by atoms with Crippen molar-refractivity contribution in [3.63, 3.8) is 0 Å². The summed E-state index contributed by atoms with van der Waals surface area (Å²) in [6.45, 7) is 2.89. The third-order valence-electron chi connectivity index (χ3n) is 2.55. The highest BCUT2D eigenvalue weighted by Gasteiger charge is 2.22. The second-order valence-corrected chi connectivity index (χ2v) is 5.45. The molecule has 1 N–H and O–H groups in total. The van der Waals surface area contributed by atoms with Crippen molar-refractivity contribution in [1.29, 1.82) is 0 Å². The minimum Gasteiger partial charge on any atom is -0.304 e. The van der Waals surface area contributed by atoms with Crippen LogP contribution in [-0.4, -0.2) is 26.5 Å². The highest BCUT2D eigenvalue weighted by molar-refractivity contribution is 9.10. The molecular weight excluding hydrogens is 362 g/mol. The van der Waals surface area contributed by atoms with Crippen LogP contribution in [0.1, 0.15) is 24.4 Å². The smallest absolute Gasteiger partial charge is 0.153 e. The quantitative estimate of drug-likeness (QED) is 0.892. The van der Waals surface area contributed by atoms with Crippen molar-refractivity contribution >= 4 is 31.9 Å². The van der Waals surface area contributed by atoms with Gasteiger partial charge in [0.15, 0.2) is 4.60 Å². The molecule has 2 aromatic heterocycles. The Morgan fingerprint density at radius 1 is 1.39 bits per heavy atom. The summed E-state index contributed by atoms with van der Waals surface area (Å²) >= 11 is 6.82. The molecule has 0 saturated carbocycles. The molecule has 0 aliphatic heterocycles. The minimum absolute atomic E-state index is 0.0301. The third kappa shape index (κ3) is 2.78. The summed E-state index contributed by atoms with van der Waals surface area (Å²) < 4.78 is 3.45. The van der Waals surface area contributed by atoms with Gasteiger partial charge >= 0.3 is 0 Å². The van der Waals surface area contributed by atoms with Gasteiger partial charge in [-0.2, -0.15) is 0 Å². The van der Waals surface area contributed by atoms with Crippen molar-refractivity contribution < 1.29 is 0 Å². The van der Waals surface area contributed by atoms with Gasteiger partial charge in [0.25, 0.3) is 0 Å². The maximum absolute atomic E-state index is 4.44. The molecule has 0 radical (unpaired) electrons. The van der Waals surface area contributed by atoms with Crippen molar-refractivity contribution in [3.8, 4) is 0 Å². The van der Waals surface area contributed by atoms with Crippen molar-refractivity contribution in [2.45, 2.75) is 13.0 Å². The van der Waals surface area contributed by atoms with E-state index in [-0.39, 0.29) is 6.04 Å². The summed E-state index contributed by atoms with van der Waals surface area (Å²) in [4.78, 5) is 4.44. The van der Waals surface area contributed by atoms with E-state index >= 15 is 0 Å². The number of nitrogens with zero attached hydrogens (tertiary/aromatic N) is 4. The first-order chi connectivity index (χ1) is 8.63. The maximum atomic E-state index is 4.44. The number of aryl methyl sites for hydroxylation is 1. The second kappa shape index (κ2) is 5.90. The van der Waals surface area contributed by atoms with Gasteiger partial charge in [-0.15, -0.1) is 5.10 Å². The van der Waals surface area contributed by atoms with Gasteiger partial charge in [-0.25, -0.2) is 4.68 Å². The van der Waals surface area contributed by atoms with E-state index in [1.54, 1.807) is 10.9 Å². The molecule has 0 aliphatic carbocycles. The minimum atomic E-state index is -0.0301. The molecule has 5 nitrogen and oxygen atoms in total. The molecule has 0 fully saturated rings. The number of hydrogen-bond acceptors (Lipinski definition) is 4. The number of hydrogen-bond donors (Lipinski definition) is 1. The van der Waals surface area contributed by atoms with Crippen molar-refractivity contribution in [2.75, 3.05) is 6.54 Å². The lowest BCUT2D eigenvalue weighted by Gasteiger charge is -2.17. The van der Waals surface area contributed by atoms with Crippen LogP contribution in [0.25, 0.3) is 0 Å². The van der Waals surface area contributed by atoms with Crippen LogP contribution < -0.4 is 5.32 Å². The van der Waals surface area contributed by atoms with E-state index in [0.29, 0.717) is 0 Å². The Bertz CT molecular complexity index is 503. The number of nitrogens with one attached hydrogen (secondary N) is 1. The molecule has 0 amide bonds. The van der Waals surface area contributed by atoms with Crippen molar-refractivity contribution in [1.82, 2.24) is 25.3 Å². The maximum Gasteiger partial charge on any atom is 0.153 e. The fraction of sp³-hybridized carbons (Fsp3) is 0.364. The number of aromatic nitrogens is 4. The zero-order chi connectivity index (χ0) is 13.1. The van der Waals surface area contributed by atoms with E-state index in [2.05, 4.69) is 59.4 Å². The highest BCUT2D eigenvalue weighted by atomic mass is 79.9. The average Bonchev–Trinajstić information content (AvgIpc) is 2.68. The topological polar surface area (TPSA) is 55.6 Å². The zero-order valence-corrected chi connectivity index (χ0v) is 13.2. The summed E-state index contributed by atoms with van der Waals surface area (Å²) in [6.07, 6.45) is 1.79. The van der Waals surface area contributed by atoms with Crippen LogP contribution in [0.2, 0.25) is 0 Å². The van der Waals surface area contributed by atoms with Gasteiger partial charge in [-0.1, -0.05) is 12.1 Å². The third-order valence-corrected chi connectivity index (χ3v) is 3.59. The summed E-state index contributed by atoms with van der Waals surface area (Å²) in [6, 6.07) is 3.93. The number of pyridine rings is 1. The first kappa shape index (κ1) is 13.6. The normalized spacial score (nSPS) is 12.7. The summed E-state index contributed by atoms with van der Waals surface area (Å²) in [5.74, 6) is 0. The van der Waals surface area contributed by atoms with Gasteiger partial charge in [0.2, 0.25) is 0 Å². The Labute approximate surface area is 122 Å². The Morgan fingerprint density at radius 3 is 2.67 bits per heavy atom. The first-order valence-corrected chi connectivity index (χ1v) is 7.12. The van der Waals surface area contributed by atoms with Gasteiger partial charge in [0.1, 0.15) is 0 Å². The van der Waals surface area contributed by atoms with Crippen molar-refractivity contribution in [2.24, 2.45) is 7.05 Å². The summed E-state index contributed by atoms with van der Waals surface area (Å²) in [5, 5.41) is 11.4. The summed E-state index contributed by atoms with van der Waals surface area (Å²) in [7, 11) is 1.87. The lowest BCUT2D eigenvalue weighted by molar-refractivity contribution is 0.557. The van der Waals surface area contributed by atoms with Crippen LogP contribution in [0.4, 0.5) is 0 Å². The fourth-order valence-electron chi connectivity index (χ4n) is 1.75. The largest absolute Gasteiger partial charge is 0.304 e. The molecule has 0 saturated heterocycles. The molecule has 1 unspecified atom stereocenters. The Balaban J connectivity index is 2.43. The predicted molar refractivity (Wildman–Crippen MR) is 76.2 cm³/mol. The lowest BCUT2D eigenvalue weighted by atomic mass is 10.1. The van der Waals surface area contributed by atoms with Gasteiger partial charge in [-0.3, -0.25) is 4.98 Å². The first-order valence-electron chi connectivity index (χ1n) is 5.53. The Morgan fingerprint density at radius 2 is 2.17 bits per heavy atom. The molecule has 2 aromatic rings. The molecule has 18 heavy (non-hydrogen) atoms. The number of rotatable bonds is 4. The van der Waals surface area contributed by atoms with Crippen LogP contribution in [0.5, 0.6) is 0 Å². The van der Waals surface area contributed by atoms with Gasteiger partial charge in [0.05, 0.1) is 17.4 Å². The monoisotopic (exact) mass is 373 g/mol. The molecule has 1 atom stereocenters. The SMILES string of the molecule is CCNC(c1ccc(Br)cn1)c1c(Br)nnn1C. The molecule has 96 valence electrons. The van der Waals surface area contributed by atoms with E-state index in [4.69, 9.17) is 0 Å². The van der Waals surface area contributed by atoms with E-state index in [1.807, 2.05) is 19.2 Å². The highest BCUT2D eigenvalue weighted by Crippen LogP contribution is 2.25. The van der Waals surface area contributed by atoms with Crippen LogP contribution in [0, 0.1) is 0 Å². The van der Waals surface area contributed by atoms with E-state index in [0.717, 1.165) is 27.0 Å². The number of halogens is 2. The molecule has 0 bridgehead atoms. The molecule has 0 aromatic carbocycles. The fourth-order valence-corrected chi connectivity index (χ4v) is 2.54. The average molecular weight is 375 g/mol. The molecule has 2 rings (SSSR count). The second-order valence-electron chi connectivity index (χ2n) is 3.78. The van der Waals surface area contributed by atoms with Crippen LogP contribution >= 0.6 is 31.9 Å². The lowest BCUT2D eigenvalue weighted by Crippen LogP contribution is -2.25. The van der Waals surface area contributed by atoms with E-state index in [9.17, 15) is 0 Å². The van der Waals surface area contributed by atoms with Crippen molar-refractivity contribution in [3.05, 3.63) is 38.8 Å². The Kier molecular flexibility index (Phi) is 4.47. The van der Waals surface area contributed by atoms with Gasteiger partial charge in [-0.05, 0) is 50.5 Å². The molecular formula is C11H13Br2N5. The molecule has 0 aliphatic rings.